The number of nitrogens with zero attached hydrogens (tertiary/aromatic N) is 1. The van der Waals surface area contributed by atoms with Gasteiger partial charge >= 0.3 is 0 Å². The van der Waals surface area contributed by atoms with E-state index >= 15 is 0 Å². The monoisotopic (exact) mass is 331 g/mol. The van der Waals surface area contributed by atoms with Crippen molar-refractivity contribution in [2.45, 2.75) is 45.7 Å². The van der Waals surface area contributed by atoms with Crippen molar-refractivity contribution in [1.29, 1.82) is 0 Å². The van der Waals surface area contributed by atoms with Crippen molar-refractivity contribution in [3.63, 3.8) is 0 Å². The molecular weight excluding hydrogens is 306 g/mol. The van der Waals surface area contributed by atoms with Crippen molar-refractivity contribution < 1.29 is 4.79 Å². The molecule has 2 unspecified atom stereocenters. The van der Waals surface area contributed by atoms with Crippen LogP contribution in [-0.4, -0.2) is 10.9 Å². The molecule has 2 atom stereocenters. The van der Waals surface area contributed by atoms with Crippen molar-refractivity contribution in [3.8, 4) is 0 Å². The molecule has 0 aliphatic carbocycles. The van der Waals surface area contributed by atoms with Gasteiger partial charge in [0.25, 0.3) is 0 Å². The summed E-state index contributed by atoms with van der Waals surface area (Å²) in [6, 6.07) is 9.40. The Morgan fingerprint density at radius 3 is 2.52 bits per heavy atom. The van der Waals surface area contributed by atoms with Crippen LogP contribution >= 0.6 is 11.3 Å². The lowest BCUT2D eigenvalue weighted by Gasteiger charge is -2.19. The Morgan fingerprint density at radius 1 is 1.30 bits per heavy atom. The molecule has 1 amide bonds. The Hall–Kier alpha value is -1.72. The quantitative estimate of drug-likeness (QED) is 0.882. The molecule has 2 aromatic rings. The normalized spacial score (nSPS) is 14.3. The van der Waals surface area contributed by atoms with E-state index in [9.17, 15) is 4.79 Å². The number of benzene rings is 1. The smallest absolute Gasteiger partial charge is 0.225 e. The van der Waals surface area contributed by atoms with Crippen LogP contribution in [0.15, 0.2) is 35.7 Å². The van der Waals surface area contributed by atoms with Gasteiger partial charge in [-0.05, 0) is 5.56 Å². The van der Waals surface area contributed by atoms with Crippen LogP contribution < -0.4 is 11.1 Å². The first-order valence-corrected chi connectivity index (χ1v) is 8.70. The lowest BCUT2D eigenvalue weighted by molar-refractivity contribution is -0.125. The average Bonchev–Trinajstić information content (AvgIpc) is 3.01. The summed E-state index contributed by atoms with van der Waals surface area (Å²) in [6.07, 6.45) is 0. The second-order valence-corrected chi connectivity index (χ2v) is 7.76. The first-order valence-electron chi connectivity index (χ1n) is 7.82. The van der Waals surface area contributed by atoms with Crippen molar-refractivity contribution in [2.75, 3.05) is 0 Å². The summed E-state index contributed by atoms with van der Waals surface area (Å²) in [5.74, 6) is -0.340. The van der Waals surface area contributed by atoms with E-state index in [1.54, 1.807) is 11.3 Å². The van der Waals surface area contributed by atoms with Gasteiger partial charge in [-0.15, -0.1) is 11.3 Å². The van der Waals surface area contributed by atoms with Crippen molar-refractivity contribution in [3.05, 3.63) is 52.0 Å². The molecule has 0 fully saturated rings. The standard InChI is InChI=1S/C18H25N3OS/c1-12(16(19)13-8-6-5-7-9-13)17(22)20-10-15-21-14(11-23-15)18(2,3)4/h5-9,11-12,16H,10,19H2,1-4H3,(H,20,22). The number of hydrogen-bond donors (Lipinski definition) is 2. The first-order chi connectivity index (χ1) is 10.8. The zero-order chi connectivity index (χ0) is 17.0. The minimum atomic E-state index is -0.308. The van der Waals surface area contributed by atoms with Gasteiger partial charge in [-0.1, -0.05) is 58.0 Å². The van der Waals surface area contributed by atoms with E-state index in [1.807, 2.05) is 37.3 Å². The zero-order valence-electron chi connectivity index (χ0n) is 14.2. The van der Waals surface area contributed by atoms with Crippen LogP contribution in [0.1, 0.15) is 50.0 Å². The number of hydrogen-bond acceptors (Lipinski definition) is 4. The first kappa shape index (κ1) is 17.6. The molecule has 1 heterocycles. The van der Waals surface area contributed by atoms with Gasteiger partial charge in [-0.25, -0.2) is 4.98 Å². The molecule has 124 valence electrons. The molecule has 0 saturated carbocycles. The Morgan fingerprint density at radius 2 is 1.96 bits per heavy atom. The van der Waals surface area contributed by atoms with E-state index in [4.69, 9.17) is 5.73 Å². The number of aromatic nitrogens is 1. The SMILES string of the molecule is CC(C(=O)NCc1nc(C(C)(C)C)cs1)C(N)c1ccccc1. The molecule has 2 rings (SSSR count). The van der Waals surface area contributed by atoms with E-state index in [1.165, 1.54) is 0 Å². The summed E-state index contributed by atoms with van der Waals surface area (Å²) < 4.78 is 0. The molecule has 4 nitrogen and oxygen atoms in total. The van der Waals surface area contributed by atoms with Gasteiger partial charge in [0.15, 0.2) is 0 Å². The summed E-state index contributed by atoms with van der Waals surface area (Å²) in [6.45, 7) is 8.70. The number of nitrogens with one attached hydrogen (secondary N) is 1. The van der Waals surface area contributed by atoms with Gasteiger partial charge < -0.3 is 11.1 Å². The van der Waals surface area contributed by atoms with Crippen LogP contribution in [-0.2, 0) is 16.8 Å². The third kappa shape index (κ3) is 4.62. The highest BCUT2D eigenvalue weighted by molar-refractivity contribution is 7.09. The van der Waals surface area contributed by atoms with E-state index in [0.717, 1.165) is 16.3 Å². The summed E-state index contributed by atoms with van der Waals surface area (Å²) in [5, 5.41) is 5.92. The fourth-order valence-corrected chi connectivity index (χ4v) is 3.15. The molecule has 0 aliphatic heterocycles. The topological polar surface area (TPSA) is 68.0 Å². The maximum Gasteiger partial charge on any atom is 0.225 e. The van der Waals surface area contributed by atoms with Crippen molar-refractivity contribution in [1.82, 2.24) is 10.3 Å². The number of thiazole rings is 1. The van der Waals surface area contributed by atoms with Crippen molar-refractivity contribution >= 4 is 17.2 Å². The minimum Gasteiger partial charge on any atom is -0.349 e. The lowest BCUT2D eigenvalue weighted by atomic mass is 9.93. The number of nitrogens with two attached hydrogens (primary N) is 1. The summed E-state index contributed by atoms with van der Waals surface area (Å²) in [4.78, 5) is 16.9. The van der Waals surface area contributed by atoms with Gasteiger partial charge in [-0.2, -0.15) is 0 Å². The molecule has 0 bridgehead atoms. The Labute approximate surface area is 142 Å². The lowest BCUT2D eigenvalue weighted by Crippen LogP contribution is -2.35. The number of amides is 1. The van der Waals surface area contributed by atoms with Crippen molar-refractivity contribution in [2.24, 2.45) is 11.7 Å². The van der Waals surface area contributed by atoms with E-state index in [0.29, 0.717) is 6.54 Å². The second kappa shape index (κ2) is 7.23. The molecule has 0 radical (unpaired) electrons. The Kier molecular flexibility index (Phi) is 5.55. The van der Waals surface area contributed by atoms with Gasteiger partial charge in [-0.3, -0.25) is 4.79 Å². The molecule has 1 aromatic carbocycles. The fraction of sp³-hybridized carbons (Fsp3) is 0.444. The van der Waals surface area contributed by atoms with Crippen LogP contribution in [0.2, 0.25) is 0 Å². The van der Waals surface area contributed by atoms with Gasteiger partial charge in [0.2, 0.25) is 5.91 Å². The molecule has 23 heavy (non-hydrogen) atoms. The van der Waals surface area contributed by atoms with Crippen LogP contribution in [0.5, 0.6) is 0 Å². The predicted octanol–water partition coefficient (Wildman–Crippen LogP) is 3.39. The molecular formula is C18H25N3OS. The highest BCUT2D eigenvalue weighted by Crippen LogP contribution is 2.24. The summed E-state index contributed by atoms with van der Waals surface area (Å²) >= 11 is 1.58. The third-order valence-electron chi connectivity index (χ3n) is 3.87. The van der Waals surface area contributed by atoms with Gasteiger partial charge in [0, 0.05) is 16.8 Å². The van der Waals surface area contributed by atoms with Crippen LogP contribution in [0.4, 0.5) is 0 Å². The minimum absolute atomic E-state index is 0.0295. The highest BCUT2D eigenvalue weighted by Gasteiger charge is 2.22. The molecule has 0 spiro atoms. The average molecular weight is 331 g/mol. The Bertz CT molecular complexity index is 646. The Balaban J connectivity index is 1.93. The maximum absolute atomic E-state index is 12.3. The number of rotatable bonds is 5. The van der Waals surface area contributed by atoms with E-state index in [2.05, 4.69) is 36.5 Å². The summed E-state index contributed by atoms with van der Waals surface area (Å²) in [5.41, 5.74) is 8.25. The van der Waals surface area contributed by atoms with E-state index < -0.39 is 0 Å². The molecule has 5 heteroatoms. The summed E-state index contributed by atoms with van der Waals surface area (Å²) in [7, 11) is 0. The maximum atomic E-state index is 12.3. The van der Waals surface area contributed by atoms with Crippen LogP contribution in [0.25, 0.3) is 0 Å². The number of carbonyl (C=O) groups excluding carboxylic acids is 1. The highest BCUT2D eigenvalue weighted by atomic mass is 32.1. The van der Waals surface area contributed by atoms with Crippen LogP contribution in [0, 0.1) is 5.92 Å². The molecule has 0 saturated heterocycles. The molecule has 1 aromatic heterocycles. The third-order valence-corrected chi connectivity index (χ3v) is 4.72. The zero-order valence-corrected chi connectivity index (χ0v) is 15.0. The van der Waals surface area contributed by atoms with Gasteiger partial charge in [0.1, 0.15) is 5.01 Å². The van der Waals surface area contributed by atoms with E-state index in [-0.39, 0.29) is 23.3 Å². The fourth-order valence-electron chi connectivity index (χ4n) is 2.19. The molecule has 3 N–H and O–H groups in total. The number of carbonyl (C=O) groups is 1. The second-order valence-electron chi connectivity index (χ2n) is 6.82. The van der Waals surface area contributed by atoms with Gasteiger partial charge in [0.05, 0.1) is 18.2 Å². The largest absolute Gasteiger partial charge is 0.349 e. The van der Waals surface area contributed by atoms with Crippen LogP contribution in [0.3, 0.4) is 0 Å². The molecule has 0 aliphatic rings. The predicted molar refractivity (Wildman–Crippen MR) is 95.2 cm³/mol.